The van der Waals surface area contributed by atoms with Gasteiger partial charge in [-0.15, -0.1) is 0 Å². The molecule has 1 aliphatic rings. The number of hydrogen-bond donors (Lipinski definition) is 3. The molecule has 1 fully saturated rings. The van der Waals surface area contributed by atoms with Crippen LogP contribution in [0.3, 0.4) is 0 Å². The zero-order valence-electron chi connectivity index (χ0n) is 14.8. The third-order valence-corrected chi connectivity index (χ3v) is 3.55. The molecule has 1 atom stereocenters. The zero-order chi connectivity index (χ0) is 17.4. The number of nitrogens with zero attached hydrogens (tertiary/aromatic N) is 1. The molecule has 0 bridgehead atoms. The van der Waals surface area contributed by atoms with E-state index in [0.29, 0.717) is 18.5 Å². The molecular formula is C18H28N4O2. The Morgan fingerprint density at radius 1 is 1.38 bits per heavy atom. The Labute approximate surface area is 144 Å². The number of aryl methyl sites for hydroxylation is 1. The highest BCUT2D eigenvalue weighted by atomic mass is 16.5. The van der Waals surface area contributed by atoms with Crippen LogP contribution in [0, 0.1) is 6.92 Å². The molecule has 1 aromatic rings. The molecule has 1 aromatic carbocycles. The second-order valence-corrected chi connectivity index (χ2v) is 6.16. The van der Waals surface area contributed by atoms with Gasteiger partial charge in [0.1, 0.15) is 18.4 Å². The summed E-state index contributed by atoms with van der Waals surface area (Å²) >= 11 is 0. The van der Waals surface area contributed by atoms with Crippen LogP contribution in [-0.4, -0.2) is 43.6 Å². The molecule has 0 aliphatic heterocycles. The lowest BCUT2D eigenvalue weighted by molar-refractivity contribution is -0.119. The van der Waals surface area contributed by atoms with Crippen molar-refractivity contribution < 1.29 is 9.53 Å². The lowest BCUT2D eigenvalue weighted by Gasteiger charge is -2.18. The fraction of sp³-hybridized carbons (Fsp3) is 0.556. The van der Waals surface area contributed by atoms with Crippen molar-refractivity contribution in [2.45, 2.75) is 45.8 Å². The number of benzene rings is 1. The molecule has 1 amide bonds. The second kappa shape index (κ2) is 9.15. The van der Waals surface area contributed by atoms with Gasteiger partial charge in [0.2, 0.25) is 5.91 Å². The van der Waals surface area contributed by atoms with Gasteiger partial charge in [0.15, 0.2) is 5.96 Å². The summed E-state index contributed by atoms with van der Waals surface area (Å²) in [6, 6.07) is 8.35. The Balaban J connectivity index is 1.77. The lowest BCUT2D eigenvalue weighted by atomic mass is 10.2. The first-order valence-electron chi connectivity index (χ1n) is 8.61. The number of guanidine groups is 1. The molecular weight excluding hydrogens is 304 g/mol. The van der Waals surface area contributed by atoms with Crippen molar-refractivity contribution in [2.75, 3.05) is 19.6 Å². The van der Waals surface area contributed by atoms with Gasteiger partial charge in [0.05, 0.1) is 6.54 Å². The predicted octanol–water partition coefficient (Wildman–Crippen LogP) is 1.60. The Hall–Kier alpha value is -2.24. The quantitative estimate of drug-likeness (QED) is 0.499. The first-order valence-corrected chi connectivity index (χ1v) is 8.61. The van der Waals surface area contributed by atoms with Crippen LogP contribution in [0.4, 0.5) is 0 Å². The summed E-state index contributed by atoms with van der Waals surface area (Å²) in [5, 5.41) is 9.28. The minimum atomic E-state index is -0.0289. The standard InChI is InChI=1S/C18H28N4O2/c1-4-19-18(21-12-17(23)22-15-8-9-15)20-11-14(3)24-16-7-5-6-13(2)10-16/h5-7,10,14-15H,4,8-9,11-12H2,1-3H3,(H,22,23)(H2,19,20,21). The topological polar surface area (TPSA) is 74.8 Å². The maximum absolute atomic E-state index is 11.7. The smallest absolute Gasteiger partial charge is 0.242 e. The van der Waals surface area contributed by atoms with E-state index in [9.17, 15) is 4.79 Å². The number of carbonyl (C=O) groups excluding carboxylic acids is 1. The van der Waals surface area contributed by atoms with E-state index >= 15 is 0 Å². The summed E-state index contributed by atoms with van der Waals surface area (Å²) in [6.45, 7) is 7.51. The Morgan fingerprint density at radius 3 is 2.83 bits per heavy atom. The van der Waals surface area contributed by atoms with Crippen molar-refractivity contribution in [1.82, 2.24) is 16.0 Å². The number of nitrogens with one attached hydrogen (secondary N) is 3. The third kappa shape index (κ3) is 6.89. The van der Waals surface area contributed by atoms with Gasteiger partial charge in [-0.05, 0) is 51.3 Å². The minimum absolute atomic E-state index is 0.0176. The molecule has 0 radical (unpaired) electrons. The van der Waals surface area contributed by atoms with Crippen LogP contribution in [0.15, 0.2) is 29.3 Å². The molecule has 1 aliphatic carbocycles. The molecule has 1 saturated carbocycles. The highest BCUT2D eigenvalue weighted by molar-refractivity contribution is 5.85. The molecule has 0 spiro atoms. The number of aliphatic imine (C=N–C) groups is 1. The van der Waals surface area contributed by atoms with Crippen LogP contribution in [-0.2, 0) is 4.79 Å². The van der Waals surface area contributed by atoms with Gasteiger partial charge < -0.3 is 20.7 Å². The highest BCUT2D eigenvalue weighted by Gasteiger charge is 2.22. The molecule has 24 heavy (non-hydrogen) atoms. The van der Waals surface area contributed by atoms with Gasteiger partial charge in [-0.3, -0.25) is 4.79 Å². The largest absolute Gasteiger partial charge is 0.489 e. The predicted molar refractivity (Wildman–Crippen MR) is 96.4 cm³/mol. The molecule has 2 rings (SSSR count). The summed E-state index contributed by atoms with van der Waals surface area (Å²) in [7, 11) is 0. The normalized spacial score (nSPS) is 15.5. The van der Waals surface area contributed by atoms with Crippen molar-refractivity contribution >= 4 is 11.9 Å². The number of amides is 1. The van der Waals surface area contributed by atoms with Crippen molar-refractivity contribution in [3.8, 4) is 5.75 Å². The van der Waals surface area contributed by atoms with Crippen molar-refractivity contribution in [1.29, 1.82) is 0 Å². The number of rotatable bonds is 8. The highest BCUT2D eigenvalue weighted by Crippen LogP contribution is 2.18. The van der Waals surface area contributed by atoms with Crippen LogP contribution < -0.4 is 20.7 Å². The van der Waals surface area contributed by atoms with E-state index < -0.39 is 0 Å². The van der Waals surface area contributed by atoms with Crippen LogP contribution in [0.25, 0.3) is 0 Å². The van der Waals surface area contributed by atoms with E-state index in [0.717, 1.165) is 25.1 Å². The van der Waals surface area contributed by atoms with Crippen LogP contribution in [0.2, 0.25) is 0 Å². The van der Waals surface area contributed by atoms with Gasteiger partial charge in [0.25, 0.3) is 0 Å². The lowest BCUT2D eigenvalue weighted by Crippen LogP contribution is -2.42. The zero-order valence-corrected chi connectivity index (χ0v) is 14.8. The summed E-state index contributed by atoms with van der Waals surface area (Å²) in [4.78, 5) is 16.0. The molecule has 0 heterocycles. The molecule has 6 heteroatoms. The van der Waals surface area contributed by atoms with Gasteiger partial charge in [-0.25, -0.2) is 4.99 Å². The summed E-state index contributed by atoms with van der Waals surface area (Å²) in [6.07, 6.45) is 2.15. The molecule has 0 saturated heterocycles. The van der Waals surface area contributed by atoms with Gasteiger partial charge in [-0.2, -0.15) is 0 Å². The Kier molecular flexibility index (Phi) is 6.90. The van der Waals surface area contributed by atoms with Crippen molar-refractivity contribution in [2.24, 2.45) is 4.99 Å². The molecule has 3 N–H and O–H groups in total. The molecule has 6 nitrogen and oxygen atoms in total. The van der Waals surface area contributed by atoms with E-state index in [4.69, 9.17) is 4.74 Å². The van der Waals surface area contributed by atoms with Gasteiger partial charge in [0, 0.05) is 12.6 Å². The monoisotopic (exact) mass is 332 g/mol. The first kappa shape index (κ1) is 18.1. The fourth-order valence-corrected chi connectivity index (χ4v) is 2.20. The maximum Gasteiger partial charge on any atom is 0.242 e. The van der Waals surface area contributed by atoms with E-state index in [1.165, 1.54) is 5.56 Å². The van der Waals surface area contributed by atoms with Crippen LogP contribution in [0.1, 0.15) is 32.3 Å². The number of carbonyl (C=O) groups is 1. The van der Waals surface area contributed by atoms with Gasteiger partial charge >= 0.3 is 0 Å². The van der Waals surface area contributed by atoms with Crippen LogP contribution in [0.5, 0.6) is 5.75 Å². The van der Waals surface area contributed by atoms with Gasteiger partial charge in [-0.1, -0.05) is 12.1 Å². The average molecular weight is 332 g/mol. The summed E-state index contributed by atoms with van der Waals surface area (Å²) < 4.78 is 5.89. The number of ether oxygens (including phenoxy) is 1. The molecule has 1 unspecified atom stereocenters. The first-order chi connectivity index (χ1) is 11.6. The Morgan fingerprint density at radius 2 is 2.17 bits per heavy atom. The maximum atomic E-state index is 11.7. The van der Waals surface area contributed by atoms with Crippen LogP contribution >= 0.6 is 0 Å². The molecule has 132 valence electrons. The Bertz CT molecular complexity index is 570. The summed E-state index contributed by atoms with van der Waals surface area (Å²) in [5.74, 6) is 1.46. The van der Waals surface area contributed by atoms with E-state index in [1.54, 1.807) is 0 Å². The van der Waals surface area contributed by atoms with Crippen molar-refractivity contribution in [3.63, 3.8) is 0 Å². The van der Waals surface area contributed by atoms with Crippen molar-refractivity contribution in [3.05, 3.63) is 29.8 Å². The number of hydrogen-bond acceptors (Lipinski definition) is 3. The average Bonchev–Trinajstić information content (AvgIpc) is 3.34. The summed E-state index contributed by atoms with van der Waals surface area (Å²) in [5.41, 5.74) is 1.17. The minimum Gasteiger partial charge on any atom is -0.489 e. The fourth-order valence-electron chi connectivity index (χ4n) is 2.20. The van der Waals surface area contributed by atoms with E-state index in [1.807, 2.05) is 45.0 Å². The third-order valence-electron chi connectivity index (χ3n) is 3.55. The second-order valence-electron chi connectivity index (χ2n) is 6.16. The van der Waals surface area contributed by atoms with E-state index in [-0.39, 0.29) is 18.6 Å². The molecule has 0 aromatic heterocycles. The van der Waals surface area contributed by atoms with E-state index in [2.05, 4.69) is 20.9 Å². The SMILES string of the molecule is CCNC(=NCC(=O)NC1CC1)NCC(C)Oc1cccc(C)c1.